The van der Waals surface area contributed by atoms with Gasteiger partial charge < -0.3 is 4.90 Å². The summed E-state index contributed by atoms with van der Waals surface area (Å²) in [5.41, 5.74) is 0. The van der Waals surface area contributed by atoms with Crippen molar-refractivity contribution >= 4 is 15.7 Å². The number of alkyl halides is 5. The Balaban J connectivity index is 2.93. The van der Waals surface area contributed by atoms with Gasteiger partial charge in [-0.1, -0.05) is 0 Å². The van der Waals surface area contributed by atoms with Crippen molar-refractivity contribution in [2.75, 3.05) is 18.1 Å². The largest absolute Gasteiger partial charge is 0.463 e. The summed E-state index contributed by atoms with van der Waals surface area (Å²) in [5.74, 6) is -9.14. The quantitative estimate of drug-likeness (QED) is 0.673. The Bertz CT molecular complexity index is 444. The molecule has 0 aromatic heterocycles. The molecule has 4 nitrogen and oxygen atoms in total. The zero-order valence-corrected chi connectivity index (χ0v) is 9.99. The Morgan fingerprint density at radius 1 is 1.22 bits per heavy atom. The molecule has 0 spiro atoms. The van der Waals surface area contributed by atoms with Crippen LogP contribution in [0.2, 0.25) is 0 Å². The number of carbonyl (C=O) groups excluding carboxylic acids is 1. The average Bonchev–Trinajstić information content (AvgIpc) is 2.13. The first-order valence-electron chi connectivity index (χ1n) is 4.84. The number of sulfone groups is 1. The van der Waals surface area contributed by atoms with E-state index >= 15 is 0 Å². The maximum atomic E-state index is 12.8. The SMILES string of the molecule is CC1CS(=O)(=O)CCN1C(=O)C(F)(F)C(F)(F)F. The summed E-state index contributed by atoms with van der Waals surface area (Å²) in [5, 5.41) is 0. The van der Waals surface area contributed by atoms with Crippen molar-refractivity contribution in [3.05, 3.63) is 0 Å². The Morgan fingerprint density at radius 3 is 2.11 bits per heavy atom. The third kappa shape index (κ3) is 2.73. The van der Waals surface area contributed by atoms with E-state index in [2.05, 4.69) is 0 Å². The lowest BCUT2D eigenvalue weighted by molar-refractivity contribution is -0.275. The molecule has 0 N–H and O–H groups in total. The second-order valence-corrected chi connectivity index (χ2v) is 6.26. The predicted molar refractivity (Wildman–Crippen MR) is 50.8 cm³/mol. The van der Waals surface area contributed by atoms with E-state index in [-0.39, 0.29) is 4.90 Å². The zero-order valence-electron chi connectivity index (χ0n) is 9.17. The molecule has 0 radical (unpaired) electrons. The summed E-state index contributed by atoms with van der Waals surface area (Å²) < 4.78 is 83.9. The first-order valence-corrected chi connectivity index (χ1v) is 6.66. The highest BCUT2D eigenvalue weighted by molar-refractivity contribution is 7.91. The van der Waals surface area contributed by atoms with E-state index in [4.69, 9.17) is 0 Å². The van der Waals surface area contributed by atoms with Crippen molar-refractivity contribution < 1.29 is 35.2 Å². The molecule has 1 unspecified atom stereocenters. The van der Waals surface area contributed by atoms with Crippen LogP contribution in [0.5, 0.6) is 0 Å². The third-order valence-electron chi connectivity index (χ3n) is 2.56. The number of rotatable bonds is 1. The van der Waals surface area contributed by atoms with Gasteiger partial charge in [0.05, 0.1) is 11.5 Å². The van der Waals surface area contributed by atoms with Crippen LogP contribution in [-0.2, 0) is 14.6 Å². The van der Waals surface area contributed by atoms with E-state index in [1.165, 1.54) is 0 Å². The molecular weight excluding hydrogens is 285 g/mol. The van der Waals surface area contributed by atoms with Gasteiger partial charge in [-0.2, -0.15) is 22.0 Å². The maximum Gasteiger partial charge on any atom is 0.463 e. The third-order valence-corrected chi connectivity index (χ3v) is 4.35. The van der Waals surface area contributed by atoms with E-state index in [0.717, 1.165) is 6.92 Å². The molecule has 1 rings (SSSR count). The highest BCUT2D eigenvalue weighted by Gasteiger charge is 2.65. The van der Waals surface area contributed by atoms with E-state index in [1.807, 2.05) is 0 Å². The summed E-state index contributed by atoms with van der Waals surface area (Å²) >= 11 is 0. The smallest absolute Gasteiger partial charge is 0.332 e. The molecule has 1 amide bonds. The Labute approximate surface area is 99.7 Å². The number of amides is 1. The molecule has 1 fully saturated rings. The van der Waals surface area contributed by atoms with Crippen LogP contribution in [0.3, 0.4) is 0 Å². The molecule has 0 aromatic rings. The molecule has 0 aromatic carbocycles. The second kappa shape index (κ2) is 4.32. The molecule has 0 bridgehead atoms. The summed E-state index contributed by atoms with van der Waals surface area (Å²) in [6.07, 6.45) is -5.99. The van der Waals surface area contributed by atoms with Gasteiger partial charge in [0.1, 0.15) is 0 Å². The van der Waals surface area contributed by atoms with Crippen LogP contribution in [-0.4, -0.2) is 55.4 Å². The summed E-state index contributed by atoms with van der Waals surface area (Å²) in [6, 6.07) is -1.20. The first-order chi connectivity index (χ1) is 7.88. The van der Waals surface area contributed by atoms with Gasteiger partial charge in [-0.15, -0.1) is 0 Å². The summed E-state index contributed by atoms with van der Waals surface area (Å²) in [4.78, 5) is 11.4. The molecular formula is C8H10F5NO3S. The molecule has 1 aliphatic rings. The fourth-order valence-electron chi connectivity index (χ4n) is 1.60. The lowest BCUT2D eigenvalue weighted by Crippen LogP contribution is -2.58. The first kappa shape index (κ1) is 15.1. The molecule has 0 aliphatic carbocycles. The standard InChI is InChI=1S/C8H10F5NO3S/c1-5-4-18(16,17)3-2-14(5)6(15)7(9,10)8(11,12)13/h5H,2-4H2,1H3. The number of nitrogens with zero attached hydrogens (tertiary/aromatic N) is 1. The number of hydrogen-bond donors (Lipinski definition) is 0. The predicted octanol–water partition coefficient (Wildman–Crippen LogP) is 0.830. The van der Waals surface area contributed by atoms with Gasteiger partial charge >= 0.3 is 18.0 Å². The van der Waals surface area contributed by atoms with Gasteiger partial charge in [0.25, 0.3) is 0 Å². The van der Waals surface area contributed by atoms with E-state index < -0.39 is 51.9 Å². The van der Waals surface area contributed by atoms with Crippen molar-refractivity contribution in [1.29, 1.82) is 0 Å². The molecule has 1 heterocycles. The normalized spacial score (nSPS) is 25.0. The van der Waals surface area contributed by atoms with Crippen LogP contribution >= 0.6 is 0 Å². The van der Waals surface area contributed by atoms with Gasteiger partial charge in [0, 0.05) is 12.6 Å². The van der Waals surface area contributed by atoms with Gasteiger partial charge in [-0.3, -0.25) is 4.79 Å². The molecule has 1 saturated heterocycles. The Morgan fingerprint density at radius 2 is 1.72 bits per heavy atom. The number of carbonyl (C=O) groups is 1. The molecule has 10 heteroatoms. The van der Waals surface area contributed by atoms with E-state index in [9.17, 15) is 35.2 Å². The van der Waals surface area contributed by atoms with Crippen molar-refractivity contribution in [3.63, 3.8) is 0 Å². The van der Waals surface area contributed by atoms with Gasteiger partial charge in [0.15, 0.2) is 9.84 Å². The highest BCUT2D eigenvalue weighted by atomic mass is 32.2. The van der Waals surface area contributed by atoms with E-state index in [1.54, 1.807) is 0 Å². The summed E-state index contributed by atoms with van der Waals surface area (Å²) in [7, 11) is -3.50. The molecule has 18 heavy (non-hydrogen) atoms. The average molecular weight is 295 g/mol. The van der Waals surface area contributed by atoms with Crippen molar-refractivity contribution in [2.45, 2.75) is 25.1 Å². The van der Waals surface area contributed by atoms with Crippen LogP contribution in [0, 0.1) is 0 Å². The zero-order chi connectivity index (χ0) is 14.4. The van der Waals surface area contributed by atoms with Crippen LogP contribution in [0.1, 0.15) is 6.92 Å². The molecule has 1 atom stereocenters. The minimum atomic E-state index is -5.99. The monoisotopic (exact) mass is 295 g/mol. The van der Waals surface area contributed by atoms with Crippen LogP contribution in [0.4, 0.5) is 22.0 Å². The van der Waals surface area contributed by atoms with E-state index in [0.29, 0.717) is 0 Å². The van der Waals surface area contributed by atoms with Gasteiger partial charge in [0.2, 0.25) is 0 Å². The highest BCUT2D eigenvalue weighted by Crippen LogP contribution is 2.37. The van der Waals surface area contributed by atoms with Crippen LogP contribution in [0.15, 0.2) is 0 Å². The van der Waals surface area contributed by atoms with Crippen LogP contribution < -0.4 is 0 Å². The fraction of sp³-hybridized carbons (Fsp3) is 0.875. The maximum absolute atomic E-state index is 12.8. The Kier molecular flexibility index (Phi) is 3.63. The second-order valence-electron chi connectivity index (χ2n) is 4.03. The Hall–Kier alpha value is -0.930. The van der Waals surface area contributed by atoms with Crippen molar-refractivity contribution in [2.24, 2.45) is 0 Å². The molecule has 1 aliphatic heterocycles. The lowest BCUT2D eigenvalue weighted by Gasteiger charge is -2.35. The fourth-order valence-corrected chi connectivity index (χ4v) is 3.16. The van der Waals surface area contributed by atoms with Gasteiger partial charge in [-0.05, 0) is 6.92 Å². The van der Waals surface area contributed by atoms with Crippen molar-refractivity contribution in [3.8, 4) is 0 Å². The lowest BCUT2D eigenvalue weighted by atomic mass is 10.2. The topological polar surface area (TPSA) is 54.5 Å². The minimum Gasteiger partial charge on any atom is -0.332 e. The van der Waals surface area contributed by atoms with Crippen molar-refractivity contribution in [1.82, 2.24) is 4.90 Å². The minimum absolute atomic E-state index is 0.258. The molecule has 106 valence electrons. The van der Waals surface area contributed by atoms with Crippen LogP contribution in [0.25, 0.3) is 0 Å². The number of halogens is 5. The van der Waals surface area contributed by atoms with Gasteiger partial charge in [-0.25, -0.2) is 8.42 Å². The molecule has 0 saturated carbocycles. The number of hydrogen-bond acceptors (Lipinski definition) is 3. The summed E-state index contributed by atoms with van der Waals surface area (Å²) in [6.45, 7) is 0.453.